The fourth-order valence-corrected chi connectivity index (χ4v) is 3.73. The summed E-state index contributed by atoms with van der Waals surface area (Å²) in [6.07, 6.45) is 4.20. The zero-order valence-electron chi connectivity index (χ0n) is 17.0. The molecule has 1 heterocycles. The fourth-order valence-electron chi connectivity index (χ4n) is 3.73. The SMILES string of the molecule is COc1cc(CCC2CCN(C(=O)Nc3cccc(C)c3)CC2)cc(OC)c1. The molecule has 0 bridgehead atoms. The van der Waals surface area contributed by atoms with Crippen molar-refractivity contribution in [3.8, 4) is 11.5 Å². The third-order valence-electron chi connectivity index (χ3n) is 5.42. The van der Waals surface area contributed by atoms with Gasteiger partial charge in [-0.15, -0.1) is 0 Å². The topological polar surface area (TPSA) is 50.8 Å². The van der Waals surface area contributed by atoms with Crippen LogP contribution in [0.2, 0.25) is 0 Å². The number of anilines is 1. The molecule has 1 aliphatic rings. The summed E-state index contributed by atoms with van der Waals surface area (Å²) in [5, 5.41) is 3.01. The van der Waals surface area contributed by atoms with Gasteiger partial charge in [0.25, 0.3) is 0 Å². The van der Waals surface area contributed by atoms with Gasteiger partial charge in [-0.1, -0.05) is 12.1 Å². The maximum atomic E-state index is 12.5. The van der Waals surface area contributed by atoms with E-state index in [1.165, 1.54) is 5.56 Å². The normalized spacial score (nSPS) is 14.6. The molecule has 5 heteroatoms. The van der Waals surface area contributed by atoms with E-state index in [2.05, 4.69) is 17.4 Å². The summed E-state index contributed by atoms with van der Waals surface area (Å²) in [5.74, 6) is 2.30. The molecule has 1 saturated heterocycles. The molecule has 0 unspecified atom stereocenters. The fraction of sp³-hybridized carbons (Fsp3) is 0.435. The number of hydrogen-bond donors (Lipinski definition) is 1. The zero-order chi connectivity index (χ0) is 19.9. The Morgan fingerprint density at radius 1 is 1.07 bits per heavy atom. The van der Waals surface area contributed by atoms with Gasteiger partial charge < -0.3 is 19.7 Å². The number of rotatable bonds is 6. The quantitative estimate of drug-likeness (QED) is 0.774. The van der Waals surface area contributed by atoms with Crippen molar-refractivity contribution in [3.63, 3.8) is 0 Å². The number of methoxy groups -OCH3 is 2. The molecule has 0 saturated carbocycles. The van der Waals surface area contributed by atoms with Crippen molar-refractivity contribution in [2.75, 3.05) is 32.6 Å². The number of ether oxygens (including phenoxy) is 2. The summed E-state index contributed by atoms with van der Waals surface area (Å²) < 4.78 is 10.7. The smallest absolute Gasteiger partial charge is 0.321 e. The van der Waals surface area contributed by atoms with Crippen LogP contribution in [0.4, 0.5) is 10.5 Å². The molecule has 1 fully saturated rings. The van der Waals surface area contributed by atoms with Crippen molar-refractivity contribution in [3.05, 3.63) is 53.6 Å². The average molecular weight is 383 g/mol. The number of piperidine rings is 1. The number of nitrogens with zero attached hydrogens (tertiary/aromatic N) is 1. The molecule has 0 aliphatic carbocycles. The molecule has 3 rings (SSSR count). The standard InChI is InChI=1S/C23H30N2O3/c1-17-5-4-6-20(13-17)24-23(26)25-11-9-18(10-12-25)7-8-19-14-21(27-2)16-22(15-19)28-3/h4-6,13-16,18H,7-12H2,1-3H3,(H,24,26). The number of carbonyl (C=O) groups excluding carboxylic acids is 1. The lowest BCUT2D eigenvalue weighted by atomic mass is 9.90. The van der Waals surface area contributed by atoms with Crippen molar-refractivity contribution in [2.45, 2.75) is 32.6 Å². The molecule has 2 aromatic carbocycles. The number of aryl methyl sites for hydroxylation is 2. The second-order valence-corrected chi connectivity index (χ2v) is 7.49. The first-order valence-electron chi connectivity index (χ1n) is 9.92. The molecular weight excluding hydrogens is 352 g/mol. The molecule has 2 amide bonds. The predicted octanol–water partition coefficient (Wildman–Crippen LogP) is 4.89. The van der Waals surface area contributed by atoms with Gasteiger partial charge in [0.2, 0.25) is 0 Å². The van der Waals surface area contributed by atoms with Crippen LogP contribution in [0, 0.1) is 12.8 Å². The molecule has 0 aromatic heterocycles. The molecule has 28 heavy (non-hydrogen) atoms. The first-order valence-corrected chi connectivity index (χ1v) is 9.92. The molecule has 0 spiro atoms. The first-order chi connectivity index (χ1) is 13.6. The monoisotopic (exact) mass is 382 g/mol. The van der Waals surface area contributed by atoms with E-state index in [-0.39, 0.29) is 6.03 Å². The van der Waals surface area contributed by atoms with Crippen molar-refractivity contribution in [1.82, 2.24) is 4.90 Å². The zero-order valence-corrected chi connectivity index (χ0v) is 17.0. The number of amides is 2. The van der Waals surface area contributed by atoms with Crippen LogP contribution in [0.5, 0.6) is 11.5 Å². The van der Waals surface area contributed by atoms with E-state index >= 15 is 0 Å². The van der Waals surface area contributed by atoms with Gasteiger partial charge in [-0.25, -0.2) is 4.79 Å². The van der Waals surface area contributed by atoms with Crippen LogP contribution in [0.25, 0.3) is 0 Å². The first kappa shape index (κ1) is 20.1. The Hall–Kier alpha value is -2.69. The lowest BCUT2D eigenvalue weighted by Crippen LogP contribution is -2.41. The Labute approximate surface area is 167 Å². The molecule has 1 N–H and O–H groups in total. The number of nitrogens with one attached hydrogen (secondary N) is 1. The van der Waals surface area contributed by atoms with Crippen LogP contribution in [0.3, 0.4) is 0 Å². The van der Waals surface area contributed by atoms with Crippen LogP contribution >= 0.6 is 0 Å². The van der Waals surface area contributed by atoms with Gasteiger partial charge in [0.15, 0.2) is 0 Å². The summed E-state index contributed by atoms with van der Waals surface area (Å²) >= 11 is 0. The minimum atomic E-state index is 0.00146. The summed E-state index contributed by atoms with van der Waals surface area (Å²) in [4.78, 5) is 14.4. The number of hydrogen-bond acceptors (Lipinski definition) is 3. The maximum absolute atomic E-state index is 12.5. The van der Waals surface area contributed by atoms with Crippen LogP contribution in [-0.2, 0) is 6.42 Å². The van der Waals surface area contributed by atoms with Gasteiger partial charge in [-0.3, -0.25) is 0 Å². The lowest BCUT2D eigenvalue weighted by molar-refractivity contribution is 0.180. The summed E-state index contributed by atoms with van der Waals surface area (Å²) in [7, 11) is 3.35. The van der Waals surface area contributed by atoms with Crippen LogP contribution in [0.1, 0.15) is 30.4 Å². The molecule has 2 aromatic rings. The van der Waals surface area contributed by atoms with Gasteiger partial charge in [0.1, 0.15) is 11.5 Å². The van der Waals surface area contributed by atoms with Gasteiger partial charge in [-0.05, 0) is 73.9 Å². The Bertz CT molecular complexity index is 776. The number of benzene rings is 2. The molecule has 150 valence electrons. The highest BCUT2D eigenvalue weighted by molar-refractivity contribution is 5.89. The number of urea groups is 1. The van der Waals surface area contributed by atoms with E-state index in [1.54, 1.807) is 14.2 Å². The Morgan fingerprint density at radius 3 is 2.36 bits per heavy atom. The van der Waals surface area contributed by atoms with Gasteiger partial charge in [-0.2, -0.15) is 0 Å². The van der Waals surface area contributed by atoms with Crippen LogP contribution in [0.15, 0.2) is 42.5 Å². The van der Waals surface area contributed by atoms with E-state index in [4.69, 9.17) is 9.47 Å². The van der Waals surface area contributed by atoms with E-state index in [1.807, 2.05) is 42.2 Å². The number of likely N-dealkylation sites (tertiary alicyclic amines) is 1. The molecule has 1 aliphatic heterocycles. The second-order valence-electron chi connectivity index (χ2n) is 7.49. The van der Waals surface area contributed by atoms with Gasteiger partial charge in [0, 0.05) is 24.8 Å². The molecular formula is C23H30N2O3. The minimum Gasteiger partial charge on any atom is -0.497 e. The van der Waals surface area contributed by atoms with Crippen LogP contribution < -0.4 is 14.8 Å². The summed E-state index contributed by atoms with van der Waals surface area (Å²) in [6, 6.07) is 14.0. The third kappa shape index (κ3) is 5.41. The summed E-state index contributed by atoms with van der Waals surface area (Å²) in [5.41, 5.74) is 3.24. The Balaban J connectivity index is 1.47. The van der Waals surface area contributed by atoms with Crippen molar-refractivity contribution in [1.29, 1.82) is 0 Å². The summed E-state index contributed by atoms with van der Waals surface area (Å²) in [6.45, 7) is 3.65. The van der Waals surface area contributed by atoms with Crippen LogP contribution in [-0.4, -0.2) is 38.2 Å². The Morgan fingerprint density at radius 2 is 1.75 bits per heavy atom. The number of carbonyl (C=O) groups is 1. The van der Waals surface area contributed by atoms with Gasteiger partial charge in [0.05, 0.1) is 14.2 Å². The highest BCUT2D eigenvalue weighted by Crippen LogP contribution is 2.27. The third-order valence-corrected chi connectivity index (χ3v) is 5.42. The molecule has 0 atom stereocenters. The van der Waals surface area contributed by atoms with Crippen molar-refractivity contribution >= 4 is 11.7 Å². The molecule has 0 radical (unpaired) electrons. The van der Waals surface area contributed by atoms with E-state index in [0.29, 0.717) is 5.92 Å². The van der Waals surface area contributed by atoms with Crippen molar-refractivity contribution in [2.24, 2.45) is 5.92 Å². The molecule has 5 nitrogen and oxygen atoms in total. The highest BCUT2D eigenvalue weighted by atomic mass is 16.5. The minimum absolute atomic E-state index is 0.00146. The van der Waals surface area contributed by atoms with Crippen molar-refractivity contribution < 1.29 is 14.3 Å². The second kappa shape index (κ2) is 9.49. The average Bonchev–Trinajstić information content (AvgIpc) is 2.72. The van der Waals surface area contributed by atoms with Gasteiger partial charge >= 0.3 is 6.03 Å². The Kier molecular flexibility index (Phi) is 6.80. The highest BCUT2D eigenvalue weighted by Gasteiger charge is 2.22. The largest absolute Gasteiger partial charge is 0.497 e. The van der Waals surface area contributed by atoms with E-state index < -0.39 is 0 Å². The van der Waals surface area contributed by atoms with E-state index in [9.17, 15) is 4.79 Å². The predicted molar refractivity (Wildman–Crippen MR) is 112 cm³/mol. The van der Waals surface area contributed by atoms with E-state index in [0.717, 1.165) is 61.5 Å². The lowest BCUT2D eigenvalue weighted by Gasteiger charge is -2.32. The maximum Gasteiger partial charge on any atom is 0.321 e.